The Hall–Kier alpha value is -0.280. The number of ether oxygens (including phenoxy) is 8. The fourth-order valence-corrected chi connectivity index (χ4v) is 7.63. The summed E-state index contributed by atoms with van der Waals surface area (Å²) in [5.41, 5.74) is 0. The minimum atomic E-state index is -0.121. The third-order valence-corrected chi connectivity index (χ3v) is 9.57. The minimum Gasteiger partial charge on any atom is -0.371 e. The molecule has 0 spiro atoms. The lowest BCUT2D eigenvalue weighted by Crippen LogP contribution is -2.36. The van der Waals surface area contributed by atoms with Gasteiger partial charge in [0.05, 0.1) is 36.9 Å². The molecule has 6 fully saturated rings. The highest BCUT2D eigenvalue weighted by atomic mass is 32.2. The lowest BCUT2D eigenvalue weighted by Gasteiger charge is -2.27. The Morgan fingerprint density at radius 2 is 1.00 bits per heavy atom. The van der Waals surface area contributed by atoms with Crippen molar-refractivity contribution in [2.75, 3.05) is 39.6 Å². The number of hydrogen-bond acceptors (Lipinski definition) is 12. The normalized spacial score (nSPS) is 42.3. The molecular formula is C26H40O10S2. The van der Waals surface area contributed by atoms with Gasteiger partial charge in [0.25, 0.3) is 0 Å². The van der Waals surface area contributed by atoms with Gasteiger partial charge in [-0.1, -0.05) is 23.5 Å². The lowest BCUT2D eigenvalue weighted by atomic mass is 10.1. The van der Waals surface area contributed by atoms with Gasteiger partial charge in [0.15, 0.2) is 22.8 Å². The molecule has 0 aliphatic carbocycles. The van der Waals surface area contributed by atoms with Gasteiger partial charge >= 0.3 is 0 Å². The van der Waals surface area contributed by atoms with Crippen LogP contribution in [0.15, 0.2) is 0 Å². The predicted octanol–water partition coefficient (Wildman–Crippen LogP) is 2.69. The summed E-state index contributed by atoms with van der Waals surface area (Å²) in [6.45, 7) is 6.89. The van der Waals surface area contributed by atoms with Crippen LogP contribution in [-0.4, -0.2) is 110 Å². The van der Waals surface area contributed by atoms with E-state index in [-0.39, 0.29) is 69.9 Å². The Bertz CT molecular complexity index is 726. The summed E-state index contributed by atoms with van der Waals surface area (Å²) in [6.07, 6.45) is 5.88. The zero-order chi connectivity index (χ0) is 26.5. The van der Waals surface area contributed by atoms with Crippen molar-refractivity contribution < 1.29 is 47.5 Å². The standard InChI is InChI=1S/2C13H20O5S/c2*1-8(14)19-10-7-17-12-9(6-16-13(10)12)18-11-4-2-3-5-15-11/h2*9-13H,2-7H2,1H3/t2*9-,10-,11?,12+,13+/m00/s1. The molecule has 12 heteroatoms. The molecule has 0 amide bonds. The molecule has 6 aliphatic rings. The Labute approximate surface area is 232 Å². The van der Waals surface area contributed by atoms with Gasteiger partial charge in [0, 0.05) is 27.1 Å². The molecule has 0 aromatic carbocycles. The number of hydrogen-bond donors (Lipinski definition) is 0. The van der Waals surface area contributed by atoms with E-state index in [0.717, 1.165) is 51.7 Å². The number of carbonyl (C=O) groups is 2. The van der Waals surface area contributed by atoms with Crippen LogP contribution in [-0.2, 0) is 47.5 Å². The molecule has 6 rings (SSSR count). The molecule has 10 nitrogen and oxygen atoms in total. The van der Waals surface area contributed by atoms with Gasteiger partial charge in [-0.05, 0) is 38.5 Å². The third-order valence-electron chi connectivity index (χ3n) is 7.49. The highest BCUT2D eigenvalue weighted by Gasteiger charge is 2.50. The molecule has 38 heavy (non-hydrogen) atoms. The first-order chi connectivity index (χ1) is 18.5. The SMILES string of the molecule is CC(=O)S[C@H]1CO[C@H]2[C@@H]1OC[C@@H]2OC1CCCCO1.CC(=O)S[C@H]1CO[C@H]2[C@@H]1OC[C@@H]2OC1CCCCO1. The van der Waals surface area contributed by atoms with Gasteiger partial charge in [-0.15, -0.1) is 0 Å². The van der Waals surface area contributed by atoms with Crippen LogP contribution in [0.2, 0.25) is 0 Å². The molecule has 0 bridgehead atoms. The number of carbonyl (C=O) groups excluding carboxylic acids is 2. The molecule has 216 valence electrons. The van der Waals surface area contributed by atoms with Gasteiger partial charge in [0.2, 0.25) is 0 Å². The number of fused-ring (bicyclic) bond motifs is 2. The predicted molar refractivity (Wildman–Crippen MR) is 140 cm³/mol. The fraction of sp³-hybridized carbons (Fsp3) is 0.923. The van der Waals surface area contributed by atoms with E-state index < -0.39 is 0 Å². The Morgan fingerprint density at radius 3 is 1.37 bits per heavy atom. The van der Waals surface area contributed by atoms with Crippen LogP contribution in [0.4, 0.5) is 0 Å². The minimum absolute atomic E-state index is 0.0255. The fourth-order valence-electron chi connectivity index (χ4n) is 5.75. The molecule has 0 aromatic heterocycles. The maximum Gasteiger partial charge on any atom is 0.186 e. The van der Waals surface area contributed by atoms with Gasteiger partial charge < -0.3 is 37.9 Å². The molecule has 6 heterocycles. The Morgan fingerprint density at radius 1 is 0.579 bits per heavy atom. The van der Waals surface area contributed by atoms with Crippen LogP contribution in [0.3, 0.4) is 0 Å². The maximum atomic E-state index is 11.2. The van der Waals surface area contributed by atoms with E-state index in [1.54, 1.807) is 13.8 Å². The van der Waals surface area contributed by atoms with E-state index >= 15 is 0 Å². The second-order valence-corrected chi connectivity index (χ2v) is 13.3. The van der Waals surface area contributed by atoms with Crippen molar-refractivity contribution in [3.63, 3.8) is 0 Å². The molecular weight excluding hydrogens is 536 g/mol. The van der Waals surface area contributed by atoms with E-state index in [0.29, 0.717) is 26.4 Å². The van der Waals surface area contributed by atoms with Crippen LogP contribution >= 0.6 is 23.5 Å². The first-order valence-electron chi connectivity index (χ1n) is 13.8. The molecule has 0 aromatic rings. The van der Waals surface area contributed by atoms with Crippen LogP contribution in [0, 0.1) is 0 Å². The van der Waals surface area contributed by atoms with E-state index in [1.807, 2.05) is 0 Å². The van der Waals surface area contributed by atoms with Crippen molar-refractivity contribution in [3.8, 4) is 0 Å². The largest absolute Gasteiger partial charge is 0.371 e. The second kappa shape index (κ2) is 14.1. The average molecular weight is 577 g/mol. The van der Waals surface area contributed by atoms with Crippen molar-refractivity contribution in [1.82, 2.24) is 0 Å². The van der Waals surface area contributed by atoms with Gasteiger partial charge in [-0.25, -0.2) is 0 Å². The van der Waals surface area contributed by atoms with E-state index in [9.17, 15) is 9.59 Å². The van der Waals surface area contributed by atoms with Crippen LogP contribution in [0.1, 0.15) is 52.4 Å². The molecule has 2 unspecified atom stereocenters. The second-order valence-electron chi connectivity index (χ2n) is 10.4. The molecule has 0 saturated carbocycles. The monoisotopic (exact) mass is 576 g/mol. The van der Waals surface area contributed by atoms with Crippen LogP contribution < -0.4 is 0 Å². The van der Waals surface area contributed by atoms with E-state index in [2.05, 4.69) is 0 Å². The Kier molecular flexibility index (Phi) is 10.8. The van der Waals surface area contributed by atoms with E-state index in [1.165, 1.54) is 23.5 Å². The lowest BCUT2D eigenvalue weighted by molar-refractivity contribution is -0.202. The van der Waals surface area contributed by atoms with Gasteiger partial charge in [0.1, 0.15) is 36.6 Å². The summed E-state index contributed by atoms with van der Waals surface area (Å²) in [7, 11) is 0. The Balaban J connectivity index is 0.000000155. The third kappa shape index (κ3) is 7.51. The van der Waals surface area contributed by atoms with Crippen LogP contribution in [0.25, 0.3) is 0 Å². The average Bonchev–Trinajstić information content (AvgIpc) is 3.67. The topological polar surface area (TPSA) is 108 Å². The summed E-state index contributed by atoms with van der Waals surface area (Å²) < 4.78 is 46.1. The van der Waals surface area contributed by atoms with Crippen molar-refractivity contribution >= 4 is 33.8 Å². The summed E-state index contributed by atoms with van der Waals surface area (Å²) in [6, 6.07) is 0. The molecule has 0 N–H and O–H groups in total. The molecule has 10 atom stereocenters. The molecule has 0 radical (unpaired) electrons. The summed E-state index contributed by atoms with van der Waals surface area (Å²) >= 11 is 2.62. The van der Waals surface area contributed by atoms with Gasteiger partial charge in [-0.2, -0.15) is 0 Å². The van der Waals surface area contributed by atoms with Crippen molar-refractivity contribution in [2.24, 2.45) is 0 Å². The smallest absolute Gasteiger partial charge is 0.186 e. The maximum absolute atomic E-state index is 11.2. The summed E-state index contributed by atoms with van der Waals surface area (Å²) in [5.74, 6) is 0. The molecule has 6 saturated heterocycles. The quantitative estimate of drug-likeness (QED) is 0.464. The van der Waals surface area contributed by atoms with Crippen LogP contribution in [0.5, 0.6) is 0 Å². The van der Waals surface area contributed by atoms with E-state index in [4.69, 9.17) is 37.9 Å². The molecule has 6 aliphatic heterocycles. The first-order valence-corrected chi connectivity index (χ1v) is 15.6. The van der Waals surface area contributed by atoms with Crippen molar-refractivity contribution in [1.29, 1.82) is 0 Å². The number of rotatable bonds is 6. The highest BCUT2D eigenvalue weighted by molar-refractivity contribution is 8.14. The van der Waals surface area contributed by atoms with Crippen molar-refractivity contribution in [2.45, 2.75) is 112 Å². The summed E-state index contributed by atoms with van der Waals surface area (Å²) in [5, 5.41) is 0.419. The number of thioether (sulfide) groups is 2. The summed E-state index contributed by atoms with van der Waals surface area (Å²) in [4.78, 5) is 22.4. The van der Waals surface area contributed by atoms with Crippen molar-refractivity contribution in [3.05, 3.63) is 0 Å². The zero-order valence-electron chi connectivity index (χ0n) is 22.2. The zero-order valence-corrected chi connectivity index (χ0v) is 23.8. The highest BCUT2D eigenvalue weighted by Crippen LogP contribution is 2.37. The van der Waals surface area contributed by atoms with Gasteiger partial charge in [-0.3, -0.25) is 9.59 Å². The first kappa shape index (κ1) is 29.2.